The van der Waals surface area contributed by atoms with E-state index >= 15 is 0 Å². The number of nitrogens with zero attached hydrogens (tertiary/aromatic N) is 5. The molecule has 4 aromatic rings. The summed E-state index contributed by atoms with van der Waals surface area (Å²) in [5, 5.41) is 3.56. The van der Waals surface area contributed by atoms with Crippen LogP contribution in [0.2, 0.25) is 0 Å². The number of imidazole rings is 1. The average Bonchev–Trinajstić information content (AvgIpc) is 3.45. The maximum atomic E-state index is 12.9. The lowest BCUT2D eigenvalue weighted by Gasteiger charge is -2.33. The molecule has 1 aliphatic heterocycles. The molecule has 0 bridgehead atoms. The van der Waals surface area contributed by atoms with Crippen molar-refractivity contribution in [2.24, 2.45) is 13.0 Å². The summed E-state index contributed by atoms with van der Waals surface area (Å²) in [7, 11) is 5.93. The molecule has 1 fully saturated rings. The van der Waals surface area contributed by atoms with E-state index in [-0.39, 0.29) is 30.3 Å². The molecule has 0 aliphatic carbocycles. The van der Waals surface area contributed by atoms with E-state index < -0.39 is 6.36 Å². The van der Waals surface area contributed by atoms with E-state index in [2.05, 4.69) is 39.0 Å². The standard InChI is InChI=1S/C28H31F3N6O3S/c1-35(2)16-17-10-12-37(13-11-17)25(39)9-8-23(38)18-4-7-22-21(14-18)32-26(36(22)3)34-27-33-20-6-5-19(15-24(20)41-27)40-28(29,30)31/h4-7,14-15,17H,8-13,16H2,1-3H3,(H,32,33,34). The number of benzene rings is 2. The van der Waals surface area contributed by atoms with Crippen LogP contribution < -0.4 is 10.1 Å². The summed E-state index contributed by atoms with van der Waals surface area (Å²) in [4.78, 5) is 38.7. The Kier molecular flexibility index (Phi) is 8.18. The van der Waals surface area contributed by atoms with Crippen molar-refractivity contribution in [1.82, 2.24) is 24.3 Å². The van der Waals surface area contributed by atoms with Gasteiger partial charge in [0.2, 0.25) is 11.9 Å². The number of likely N-dealkylation sites (tertiary alicyclic amines) is 1. The minimum atomic E-state index is -4.77. The van der Waals surface area contributed by atoms with Crippen molar-refractivity contribution in [3.05, 3.63) is 42.0 Å². The number of hydrogen-bond donors (Lipinski definition) is 1. The second-order valence-electron chi connectivity index (χ2n) is 10.5. The Labute approximate surface area is 238 Å². The first-order valence-electron chi connectivity index (χ1n) is 13.3. The molecule has 0 atom stereocenters. The van der Waals surface area contributed by atoms with Crippen molar-refractivity contribution < 1.29 is 27.5 Å². The molecule has 0 radical (unpaired) electrons. The predicted molar refractivity (Wildman–Crippen MR) is 152 cm³/mol. The number of aryl methyl sites for hydroxylation is 1. The number of alkyl halides is 3. The second-order valence-corrected chi connectivity index (χ2v) is 11.6. The number of ether oxygens (including phenoxy) is 1. The van der Waals surface area contributed by atoms with Crippen LogP contribution in [0.3, 0.4) is 0 Å². The fraction of sp³-hybridized carbons (Fsp3) is 0.429. The Balaban J connectivity index is 1.22. The zero-order chi connectivity index (χ0) is 29.3. The number of nitrogens with one attached hydrogen (secondary N) is 1. The molecular formula is C28H31F3N6O3S. The number of piperidine rings is 1. The maximum absolute atomic E-state index is 12.9. The SMILES string of the molecule is CN(C)CC1CCN(C(=O)CCC(=O)c2ccc3c(c2)nc(Nc2nc4ccc(OC(F)(F)F)cc4s2)n3C)CC1. The molecule has 2 aromatic heterocycles. The van der Waals surface area contributed by atoms with Crippen LogP contribution in [0.4, 0.5) is 24.3 Å². The lowest BCUT2D eigenvalue weighted by atomic mass is 9.96. The van der Waals surface area contributed by atoms with Crippen LogP contribution >= 0.6 is 11.3 Å². The molecule has 2 aromatic carbocycles. The molecular weight excluding hydrogens is 557 g/mol. The summed E-state index contributed by atoms with van der Waals surface area (Å²) >= 11 is 1.17. The Bertz CT molecular complexity index is 1570. The molecule has 5 rings (SSSR count). The van der Waals surface area contributed by atoms with Gasteiger partial charge in [-0.3, -0.25) is 9.59 Å². The summed E-state index contributed by atoms with van der Waals surface area (Å²) in [6.45, 7) is 2.49. The number of carbonyl (C=O) groups is 2. The monoisotopic (exact) mass is 588 g/mol. The third-order valence-electron chi connectivity index (χ3n) is 7.17. The van der Waals surface area contributed by atoms with Crippen molar-refractivity contribution in [2.75, 3.05) is 39.0 Å². The van der Waals surface area contributed by atoms with Crippen LogP contribution in [0.25, 0.3) is 21.3 Å². The van der Waals surface area contributed by atoms with Gasteiger partial charge in [0.1, 0.15) is 5.75 Å². The van der Waals surface area contributed by atoms with Crippen molar-refractivity contribution in [1.29, 1.82) is 0 Å². The Morgan fingerprint density at radius 1 is 1.07 bits per heavy atom. The van der Waals surface area contributed by atoms with E-state index in [1.807, 2.05) is 11.9 Å². The fourth-order valence-corrected chi connectivity index (χ4v) is 6.03. The molecule has 41 heavy (non-hydrogen) atoms. The highest BCUT2D eigenvalue weighted by molar-refractivity contribution is 7.22. The number of fused-ring (bicyclic) bond motifs is 2. The normalized spacial score (nSPS) is 14.8. The van der Waals surface area contributed by atoms with Gasteiger partial charge in [-0.15, -0.1) is 13.2 Å². The molecule has 9 nitrogen and oxygen atoms in total. The number of amides is 1. The lowest BCUT2D eigenvalue weighted by molar-refractivity contribution is -0.274. The van der Waals surface area contributed by atoms with Crippen LogP contribution in [0.5, 0.6) is 5.75 Å². The average molecular weight is 589 g/mol. The third kappa shape index (κ3) is 6.96. The van der Waals surface area contributed by atoms with Gasteiger partial charge >= 0.3 is 6.36 Å². The molecule has 13 heteroatoms. The molecule has 1 saturated heterocycles. The fourth-order valence-electron chi connectivity index (χ4n) is 5.14. The van der Waals surface area contributed by atoms with Crippen LogP contribution in [-0.2, 0) is 11.8 Å². The Morgan fingerprint density at radius 2 is 1.83 bits per heavy atom. The van der Waals surface area contributed by atoms with E-state index in [9.17, 15) is 22.8 Å². The van der Waals surface area contributed by atoms with E-state index in [1.165, 1.54) is 29.5 Å². The summed E-state index contributed by atoms with van der Waals surface area (Å²) in [5.41, 5.74) is 2.38. The quantitative estimate of drug-likeness (QED) is 0.255. The van der Waals surface area contributed by atoms with Crippen molar-refractivity contribution in [3.8, 4) is 5.75 Å². The zero-order valence-corrected chi connectivity index (χ0v) is 23.8. The van der Waals surface area contributed by atoms with Crippen LogP contribution in [0.15, 0.2) is 36.4 Å². The summed E-state index contributed by atoms with van der Waals surface area (Å²) in [5.74, 6) is 0.640. The van der Waals surface area contributed by atoms with Gasteiger partial charge < -0.3 is 24.4 Å². The first-order chi connectivity index (χ1) is 19.4. The molecule has 1 N–H and O–H groups in total. The summed E-state index contributed by atoms with van der Waals surface area (Å²) < 4.78 is 44.0. The zero-order valence-electron chi connectivity index (χ0n) is 23.0. The van der Waals surface area contributed by atoms with E-state index in [0.717, 1.165) is 38.0 Å². The Hall–Kier alpha value is -3.71. The number of thiazole rings is 1. The highest BCUT2D eigenvalue weighted by Crippen LogP contribution is 2.33. The van der Waals surface area contributed by atoms with Gasteiger partial charge in [-0.1, -0.05) is 11.3 Å². The van der Waals surface area contributed by atoms with Gasteiger partial charge in [-0.05, 0) is 63.2 Å². The van der Waals surface area contributed by atoms with Gasteiger partial charge in [0.15, 0.2) is 10.9 Å². The highest BCUT2D eigenvalue weighted by atomic mass is 32.1. The van der Waals surface area contributed by atoms with Gasteiger partial charge in [-0.25, -0.2) is 9.97 Å². The first-order valence-corrected chi connectivity index (χ1v) is 14.1. The van der Waals surface area contributed by atoms with Crippen LogP contribution in [0.1, 0.15) is 36.0 Å². The number of rotatable bonds is 9. The molecule has 1 amide bonds. The summed E-state index contributed by atoms with van der Waals surface area (Å²) in [6.07, 6.45) is -2.50. The minimum Gasteiger partial charge on any atom is -0.406 e. The number of hydrogen-bond acceptors (Lipinski definition) is 8. The number of Topliss-reactive ketones (excluding diaryl/α,β-unsaturated/α-hetero) is 1. The maximum Gasteiger partial charge on any atom is 0.573 e. The molecule has 1 aliphatic rings. The van der Waals surface area contributed by atoms with Gasteiger partial charge in [-0.2, -0.15) is 0 Å². The molecule has 0 spiro atoms. The topological polar surface area (TPSA) is 92.6 Å². The first kappa shape index (κ1) is 28.8. The lowest BCUT2D eigenvalue weighted by Crippen LogP contribution is -2.40. The van der Waals surface area contributed by atoms with E-state index in [1.54, 1.807) is 22.8 Å². The molecule has 218 valence electrons. The van der Waals surface area contributed by atoms with Gasteiger partial charge in [0, 0.05) is 51.2 Å². The molecule has 0 unspecified atom stereocenters. The minimum absolute atomic E-state index is 0.0139. The Morgan fingerprint density at radius 3 is 2.54 bits per heavy atom. The van der Waals surface area contributed by atoms with Crippen molar-refractivity contribution in [2.45, 2.75) is 32.0 Å². The molecule has 0 saturated carbocycles. The van der Waals surface area contributed by atoms with Crippen LogP contribution in [-0.4, -0.2) is 76.1 Å². The smallest absolute Gasteiger partial charge is 0.406 e. The van der Waals surface area contributed by atoms with Crippen molar-refractivity contribution in [3.63, 3.8) is 0 Å². The number of carbonyl (C=O) groups excluding carboxylic acids is 2. The van der Waals surface area contributed by atoms with Gasteiger partial charge in [0.25, 0.3) is 0 Å². The van der Waals surface area contributed by atoms with E-state index in [0.29, 0.717) is 38.3 Å². The number of aromatic nitrogens is 3. The number of halogens is 3. The second kappa shape index (κ2) is 11.6. The van der Waals surface area contributed by atoms with E-state index in [4.69, 9.17) is 0 Å². The van der Waals surface area contributed by atoms with Crippen molar-refractivity contribution >= 4 is 55.4 Å². The highest BCUT2D eigenvalue weighted by Gasteiger charge is 2.31. The third-order valence-corrected chi connectivity index (χ3v) is 8.11. The van der Waals surface area contributed by atoms with Gasteiger partial charge in [0.05, 0.1) is 21.3 Å². The largest absolute Gasteiger partial charge is 0.573 e. The predicted octanol–water partition coefficient (Wildman–Crippen LogP) is 5.59. The summed E-state index contributed by atoms with van der Waals surface area (Å²) in [6, 6.07) is 9.21. The molecule has 3 heterocycles. The number of ketones is 1. The number of anilines is 2. The van der Waals surface area contributed by atoms with Crippen LogP contribution in [0, 0.1) is 5.92 Å².